The van der Waals surface area contributed by atoms with Crippen molar-refractivity contribution in [3.8, 4) is 5.75 Å². The highest BCUT2D eigenvalue weighted by Crippen LogP contribution is 2.46. The summed E-state index contributed by atoms with van der Waals surface area (Å²) in [6.07, 6.45) is 2.04. The summed E-state index contributed by atoms with van der Waals surface area (Å²) in [4.78, 5) is 12.8. The lowest BCUT2D eigenvalue weighted by Crippen LogP contribution is -2.51. The number of rotatable bonds is 8. The smallest absolute Gasteiger partial charge is 0.340 e. The zero-order chi connectivity index (χ0) is 22.8. The minimum absolute atomic E-state index is 0.321. The van der Waals surface area contributed by atoms with E-state index >= 15 is 0 Å². The zero-order valence-electron chi connectivity index (χ0n) is 19.8. The van der Waals surface area contributed by atoms with Gasteiger partial charge in [0.05, 0.1) is 18.1 Å². The van der Waals surface area contributed by atoms with E-state index in [-0.39, 0.29) is 5.97 Å². The molecule has 1 heterocycles. The largest absolute Gasteiger partial charge is 0.488 e. The predicted molar refractivity (Wildman–Crippen MR) is 130 cm³/mol. The number of ether oxygens (including phenoxy) is 2. The molecule has 2 aromatic carbocycles. The van der Waals surface area contributed by atoms with Crippen LogP contribution in [-0.2, 0) is 11.3 Å². The van der Waals surface area contributed by atoms with Crippen LogP contribution in [0.3, 0.4) is 0 Å². The Hall–Kier alpha value is -2.53. The average Bonchev–Trinajstić information content (AvgIpc) is 3.12. The molecule has 3 rings (SSSR count). The summed E-state index contributed by atoms with van der Waals surface area (Å²) in [5, 5.41) is 0.851. The fraction of sp³-hybridized carbons (Fsp3) is 0.423. The number of hydrogen-bond acceptors (Lipinski definition) is 3. The van der Waals surface area contributed by atoms with E-state index in [0.717, 1.165) is 22.2 Å². The molecule has 0 bridgehead atoms. The Morgan fingerprint density at radius 1 is 0.903 bits per heavy atom. The highest BCUT2D eigenvalue weighted by atomic mass is 28.3. The first kappa shape index (κ1) is 23.1. The molecule has 0 aliphatic carbocycles. The third-order valence-corrected chi connectivity index (χ3v) is 13.4. The number of hydrogen-bond donors (Lipinski definition) is 0. The first-order valence-corrected chi connectivity index (χ1v) is 13.3. The highest BCUT2D eigenvalue weighted by Gasteiger charge is 2.46. The van der Waals surface area contributed by atoms with Gasteiger partial charge in [-0.15, -0.1) is 0 Å². The summed E-state index contributed by atoms with van der Waals surface area (Å²) >= 11 is 0. The molecule has 0 atom stereocenters. The first-order chi connectivity index (χ1) is 14.7. The molecule has 4 nitrogen and oxygen atoms in total. The van der Waals surface area contributed by atoms with Crippen LogP contribution in [-0.4, -0.2) is 25.5 Å². The molecule has 0 N–H and O–H groups in total. The molecule has 0 saturated heterocycles. The Bertz CT molecular complexity index is 1020. The zero-order valence-corrected chi connectivity index (χ0v) is 20.8. The van der Waals surface area contributed by atoms with Crippen molar-refractivity contribution in [1.82, 2.24) is 4.23 Å². The van der Waals surface area contributed by atoms with Gasteiger partial charge in [-0.1, -0.05) is 77.9 Å². The molecule has 3 aromatic rings. The van der Waals surface area contributed by atoms with Crippen molar-refractivity contribution < 1.29 is 14.3 Å². The van der Waals surface area contributed by atoms with E-state index in [2.05, 4.69) is 51.8 Å². The third kappa shape index (κ3) is 4.03. The standard InChI is InChI=1S/C26H35NO3Si/c1-18(2)31(19(3)4,20(5)6)27-16-22(26(28)29-7)25-23(27)14-11-15-24(25)30-17-21-12-9-8-10-13-21/h8-16,18-20H,17H2,1-7H3. The monoisotopic (exact) mass is 437 g/mol. The average molecular weight is 438 g/mol. The van der Waals surface area contributed by atoms with Crippen molar-refractivity contribution in [1.29, 1.82) is 0 Å². The van der Waals surface area contributed by atoms with Gasteiger partial charge in [0, 0.05) is 11.7 Å². The van der Waals surface area contributed by atoms with Gasteiger partial charge < -0.3 is 13.7 Å². The van der Waals surface area contributed by atoms with Gasteiger partial charge in [-0.3, -0.25) is 0 Å². The summed E-state index contributed by atoms with van der Waals surface area (Å²) in [6.45, 7) is 14.4. The van der Waals surface area contributed by atoms with E-state index in [4.69, 9.17) is 9.47 Å². The van der Waals surface area contributed by atoms with Gasteiger partial charge in [0.25, 0.3) is 0 Å². The lowest BCUT2D eigenvalue weighted by atomic mass is 10.1. The van der Waals surface area contributed by atoms with Gasteiger partial charge in [0.2, 0.25) is 0 Å². The van der Waals surface area contributed by atoms with Gasteiger partial charge in [-0.25, -0.2) is 4.79 Å². The third-order valence-electron chi connectivity index (χ3n) is 6.63. The lowest BCUT2D eigenvalue weighted by molar-refractivity contribution is 0.0602. The minimum Gasteiger partial charge on any atom is -0.488 e. The number of aromatic nitrogens is 1. The molecule has 166 valence electrons. The van der Waals surface area contributed by atoms with Crippen LogP contribution in [0.5, 0.6) is 5.75 Å². The molecule has 0 saturated carbocycles. The topological polar surface area (TPSA) is 40.5 Å². The molecule has 1 aromatic heterocycles. The molecule has 31 heavy (non-hydrogen) atoms. The fourth-order valence-electron chi connectivity index (χ4n) is 5.53. The molecule has 5 heteroatoms. The van der Waals surface area contributed by atoms with E-state index in [9.17, 15) is 4.79 Å². The van der Waals surface area contributed by atoms with E-state index in [0.29, 0.717) is 28.8 Å². The van der Waals surface area contributed by atoms with Crippen LogP contribution in [0.25, 0.3) is 10.9 Å². The summed E-state index contributed by atoms with van der Waals surface area (Å²) in [6, 6.07) is 16.2. The van der Waals surface area contributed by atoms with Gasteiger partial charge in [-0.2, -0.15) is 0 Å². The molecule has 0 unspecified atom stereocenters. The van der Waals surface area contributed by atoms with Gasteiger partial charge in [0.15, 0.2) is 8.24 Å². The second-order valence-corrected chi connectivity index (χ2v) is 14.9. The number of carbonyl (C=O) groups is 1. The Morgan fingerprint density at radius 3 is 2.06 bits per heavy atom. The predicted octanol–water partition coefficient (Wildman–Crippen LogP) is 7.03. The molecular formula is C26H35NO3Si. The molecule has 0 aliphatic rings. The highest BCUT2D eigenvalue weighted by molar-refractivity contribution is 6.82. The van der Waals surface area contributed by atoms with Crippen LogP contribution in [0.2, 0.25) is 16.6 Å². The molecular weight excluding hydrogens is 402 g/mol. The van der Waals surface area contributed by atoms with Crippen molar-refractivity contribution in [2.24, 2.45) is 0 Å². The summed E-state index contributed by atoms with van der Waals surface area (Å²) in [7, 11) is -0.621. The van der Waals surface area contributed by atoms with Crippen LogP contribution in [0.15, 0.2) is 54.7 Å². The Kier molecular flexibility index (Phi) is 6.95. The van der Waals surface area contributed by atoms with Crippen molar-refractivity contribution >= 4 is 25.1 Å². The number of esters is 1. The molecule has 0 aliphatic heterocycles. The second-order valence-electron chi connectivity index (χ2n) is 9.18. The number of carbonyl (C=O) groups excluding carboxylic acids is 1. The maximum Gasteiger partial charge on any atom is 0.340 e. The van der Waals surface area contributed by atoms with Crippen LogP contribution in [0, 0.1) is 0 Å². The maximum absolute atomic E-state index is 12.8. The fourth-order valence-corrected chi connectivity index (χ4v) is 12.2. The van der Waals surface area contributed by atoms with Crippen molar-refractivity contribution in [3.63, 3.8) is 0 Å². The van der Waals surface area contributed by atoms with Gasteiger partial charge in [0.1, 0.15) is 12.4 Å². The Balaban J connectivity index is 2.24. The molecule has 0 radical (unpaired) electrons. The summed E-state index contributed by atoms with van der Waals surface area (Å²) in [5.74, 6) is 0.401. The van der Waals surface area contributed by atoms with Crippen molar-refractivity contribution in [2.75, 3.05) is 7.11 Å². The number of methoxy groups -OCH3 is 1. The normalized spacial score (nSPS) is 12.2. The van der Waals surface area contributed by atoms with Gasteiger partial charge in [-0.05, 0) is 34.3 Å². The Morgan fingerprint density at radius 2 is 1.52 bits per heavy atom. The van der Waals surface area contributed by atoms with Crippen molar-refractivity contribution in [2.45, 2.75) is 64.8 Å². The Labute approximate surface area is 187 Å². The van der Waals surface area contributed by atoms with Crippen LogP contribution < -0.4 is 4.74 Å². The van der Waals surface area contributed by atoms with E-state index in [1.165, 1.54) is 7.11 Å². The van der Waals surface area contributed by atoms with E-state index in [1.807, 2.05) is 48.7 Å². The first-order valence-electron chi connectivity index (χ1n) is 11.1. The second kappa shape index (κ2) is 9.31. The number of benzene rings is 2. The van der Waals surface area contributed by atoms with E-state index in [1.54, 1.807) is 0 Å². The number of fused-ring (bicyclic) bond motifs is 1. The summed E-state index contributed by atoms with van der Waals surface area (Å²) in [5.41, 5.74) is 4.25. The van der Waals surface area contributed by atoms with Gasteiger partial charge >= 0.3 is 5.97 Å². The van der Waals surface area contributed by atoms with Crippen LogP contribution in [0.4, 0.5) is 0 Å². The van der Waals surface area contributed by atoms with Crippen LogP contribution in [0.1, 0.15) is 57.5 Å². The minimum atomic E-state index is -2.06. The molecule has 0 fully saturated rings. The summed E-state index contributed by atoms with van der Waals surface area (Å²) < 4.78 is 13.9. The van der Waals surface area contributed by atoms with Crippen molar-refractivity contribution in [3.05, 3.63) is 65.9 Å². The lowest BCUT2D eigenvalue weighted by Gasteiger charge is -2.44. The van der Waals surface area contributed by atoms with E-state index < -0.39 is 8.24 Å². The SMILES string of the molecule is COC(=O)c1cn([Si](C(C)C)(C(C)C)C(C)C)c2cccc(OCc3ccccc3)c12. The van der Waals surface area contributed by atoms with Crippen LogP contribution >= 0.6 is 0 Å². The molecule has 0 spiro atoms. The maximum atomic E-state index is 12.8. The molecule has 0 amide bonds. The quantitative estimate of drug-likeness (QED) is 0.280. The number of nitrogens with zero attached hydrogens (tertiary/aromatic N) is 1.